The normalized spacial score (nSPS) is 16.9. The molecule has 1 aromatic rings. The number of hydrogen-bond donors (Lipinski definition) is 2. The zero-order chi connectivity index (χ0) is 14.0. The summed E-state index contributed by atoms with van der Waals surface area (Å²) in [5.74, 6) is 0.445. The number of nitrogens with two attached hydrogens (primary N) is 1. The second-order valence-electron chi connectivity index (χ2n) is 5.24. The second kappa shape index (κ2) is 10.8. The molecule has 0 saturated heterocycles. The minimum absolute atomic E-state index is 0. The zero-order valence-corrected chi connectivity index (χ0v) is 14.8. The van der Waals surface area contributed by atoms with Crippen LogP contribution < -0.4 is 11.1 Å². The SMILES string of the molecule is I.NC(=NCCOC1CCCCCC1)Nc1ccccc1. The van der Waals surface area contributed by atoms with Crippen LogP contribution in [0.15, 0.2) is 35.3 Å². The third kappa shape index (κ3) is 7.66. The maximum absolute atomic E-state index is 5.87. The molecule has 4 nitrogen and oxygen atoms in total. The van der Waals surface area contributed by atoms with E-state index < -0.39 is 0 Å². The molecule has 0 atom stereocenters. The van der Waals surface area contributed by atoms with Gasteiger partial charge in [-0.1, -0.05) is 43.9 Å². The Morgan fingerprint density at radius 1 is 1.14 bits per heavy atom. The molecule has 0 spiro atoms. The fourth-order valence-corrected chi connectivity index (χ4v) is 2.50. The molecule has 118 valence electrons. The van der Waals surface area contributed by atoms with Crippen LogP contribution in [-0.4, -0.2) is 25.2 Å². The molecule has 0 amide bonds. The maximum atomic E-state index is 5.87. The fourth-order valence-electron chi connectivity index (χ4n) is 2.50. The first kappa shape index (κ1) is 18.2. The van der Waals surface area contributed by atoms with Crippen molar-refractivity contribution in [1.29, 1.82) is 0 Å². The summed E-state index contributed by atoms with van der Waals surface area (Å²) in [5.41, 5.74) is 6.79. The van der Waals surface area contributed by atoms with Gasteiger partial charge < -0.3 is 15.8 Å². The molecule has 1 saturated carbocycles. The molecule has 21 heavy (non-hydrogen) atoms. The van der Waals surface area contributed by atoms with E-state index in [2.05, 4.69) is 10.3 Å². The van der Waals surface area contributed by atoms with Gasteiger partial charge in [-0.15, -0.1) is 24.0 Å². The number of hydrogen-bond acceptors (Lipinski definition) is 2. The predicted octanol–water partition coefficient (Wildman–Crippen LogP) is 3.77. The number of nitrogens with one attached hydrogen (secondary N) is 1. The van der Waals surface area contributed by atoms with Crippen LogP contribution in [0.5, 0.6) is 0 Å². The van der Waals surface area contributed by atoms with Crippen molar-refractivity contribution in [3.63, 3.8) is 0 Å². The van der Waals surface area contributed by atoms with Crippen molar-refractivity contribution in [1.82, 2.24) is 0 Å². The van der Waals surface area contributed by atoms with Crippen LogP contribution in [0.1, 0.15) is 38.5 Å². The van der Waals surface area contributed by atoms with Gasteiger partial charge >= 0.3 is 0 Å². The number of rotatable bonds is 5. The van der Waals surface area contributed by atoms with Gasteiger partial charge in [-0.3, -0.25) is 4.99 Å². The number of halogens is 1. The molecule has 0 bridgehead atoms. The molecule has 3 N–H and O–H groups in total. The van der Waals surface area contributed by atoms with Gasteiger partial charge in [0.05, 0.1) is 19.3 Å². The van der Waals surface area contributed by atoms with Crippen LogP contribution >= 0.6 is 24.0 Å². The highest BCUT2D eigenvalue weighted by atomic mass is 127. The van der Waals surface area contributed by atoms with E-state index in [1.165, 1.54) is 38.5 Å². The minimum Gasteiger partial charge on any atom is -0.376 e. The predicted molar refractivity (Wildman–Crippen MR) is 99.4 cm³/mol. The molecule has 1 aliphatic rings. The standard InChI is InChI=1S/C16H25N3O.HI/c17-16(19-14-8-4-3-5-9-14)18-12-13-20-15-10-6-1-2-7-11-15;/h3-5,8-9,15H,1-2,6-7,10-13H2,(H3,17,18,19);1H. The molecule has 1 fully saturated rings. The largest absolute Gasteiger partial charge is 0.376 e. The Morgan fingerprint density at radius 3 is 2.48 bits per heavy atom. The number of nitrogens with zero attached hydrogens (tertiary/aromatic N) is 1. The monoisotopic (exact) mass is 403 g/mol. The highest BCUT2D eigenvalue weighted by Gasteiger charge is 2.11. The molecule has 5 heteroatoms. The number of ether oxygens (including phenoxy) is 1. The fraction of sp³-hybridized carbons (Fsp3) is 0.562. The summed E-state index contributed by atoms with van der Waals surface area (Å²) in [6, 6.07) is 9.82. The first-order chi connectivity index (χ1) is 9.84. The van der Waals surface area contributed by atoms with Gasteiger partial charge in [0.15, 0.2) is 5.96 Å². The van der Waals surface area contributed by atoms with E-state index in [1.807, 2.05) is 30.3 Å². The van der Waals surface area contributed by atoms with E-state index in [1.54, 1.807) is 0 Å². The van der Waals surface area contributed by atoms with Crippen LogP contribution in [0.3, 0.4) is 0 Å². The summed E-state index contributed by atoms with van der Waals surface area (Å²) in [5, 5.41) is 3.06. The second-order valence-corrected chi connectivity index (χ2v) is 5.24. The van der Waals surface area contributed by atoms with Crippen LogP contribution in [0, 0.1) is 0 Å². The molecular weight excluding hydrogens is 377 g/mol. The Hall–Kier alpha value is -0.820. The number of para-hydroxylation sites is 1. The smallest absolute Gasteiger partial charge is 0.193 e. The van der Waals surface area contributed by atoms with Gasteiger partial charge in [-0.05, 0) is 25.0 Å². The highest BCUT2D eigenvalue weighted by Crippen LogP contribution is 2.19. The number of anilines is 1. The van der Waals surface area contributed by atoms with Gasteiger partial charge in [0, 0.05) is 5.69 Å². The molecule has 0 aliphatic heterocycles. The summed E-state index contributed by atoms with van der Waals surface area (Å²) in [6.07, 6.45) is 8.12. The van der Waals surface area contributed by atoms with E-state index >= 15 is 0 Å². The first-order valence-electron chi connectivity index (χ1n) is 7.58. The molecular formula is C16H26IN3O. The lowest BCUT2D eigenvalue weighted by molar-refractivity contribution is 0.0487. The topological polar surface area (TPSA) is 59.6 Å². The lowest BCUT2D eigenvalue weighted by Crippen LogP contribution is -2.23. The van der Waals surface area contributed by atoms with E-state index in [9.17, 15) is 0 Å². The minimum atomic E-state index is 0. The van der Waals surface area contributed by atoms with E-state index in [-0.39, 0.29) is 24.0 Å². The molecule has 2 rings (SSSR count). The highest BCUT2D eigenvalue weighted by molar-refractivity contribution is 14.0. The maximum Gasteiger partial charge on any atom is 0.193 e. The first-order valence-corrected chi connectivity index (χ1v) is 7.58. The summed E-state index contributed by atoms with van der Waals surface area (Å²) < 4.78 is 5.87. The molecule has 0 heterocycles. The summed E-state index contributed by atoms with van der Waals surface area (Å²) in [6.45, 7) is 1.27. The van der Waals surface area contributed by atoms with Gasteiger partial charge in [0.1, 0.15) is 0 Å². The van der Waals surface area contributed by atoms with Gasteiger partial charge in [-0.25, -0.2) is 0 Å². The van der Waals surface area contributed by atoms with Crippen molar-refractivity contribution < 1.29 is 4.74 Å². The quantitative estimate of drug-likeness (QED) is 0.259. The molecule has 0 aromatic heterocycles. The van der Waals surface area contributed by atoms with Crippen molar-refractivity contribution in [3.8, 4) is 0 Å². The zero-order valence-electron chi connectivity index (χ0n) is 12.5. The van der Waals surface area contributed by atoms with Crippen LogP contribution in [0.4, 0.5) is 5.69 Å². The van der Waals surface area contributed by atoms with E-state index in [4.69, 9.17) is 10.5 Å². The Balaban J connectivity index is 0.00000220. The number of benzene rings is 1. The van der Waals surface area contributed by atoms with Crippen LogP contribution in [0.2, 0.25) is 0 Å². The lowest BCUT2D eigenvalue weighted by atomic mass is 10.1. The van der Waals surface area contributed by atoms with Crippen molar-refractivity contribution >= 4 is 35.6 Å². The molecule has 0 unspecified atom stereocenters. The Morgan fingerprint density at radius 2 is 1.81 bits per heavy atom. The van der Waals surface area contributed by atoms with Crippen LogP contribution in [0.25, 0.3) is 0 Å². The van der Waals surface area contributed by atoms with Gasteiger partial charge in [0.25, 0.3) is 0 Å². The Bertz CT molecular complexity index is 403. The van der Waals surface area contributed by atoms with Crippen molar-refractivity contribution in [3.05, 3.63) is 30.3 Å². The molecule has 0 radical (unpaired) electrons. The Kier molecular flexibility index (Phi) is 9.41. The van der Waals surface area contributed by atoms with E-state index in [0.29, 0.717) is 25.2 Å². The lowest BCUT2D eigenvalue weighted by Gasteiger charge is -2.14. The van der Waals surface area contributed by atoms with E-state index in [0.717, 1.165) is 5.69 Å². The third-order valence-electron chi connectivity index (χ3n) is 3.58. The average Bonchev–Trinajstić information content (AvgIpc) is 2.73. The summed E-state index contributed by atoms with van der Waals surface area (Å²) in [4.78, 5) is 4.29. The summed E-state index contributed by atoms with van der Waals surface area (Å²) in [7, 11) is 0. The van der Waals surface area contributed by atoms with Crippen molar-refractivity contribution in [2.75, 3.05) is 18.5 Å². The number of guanidine groups is 1. The third-order valence-corrected chi connectivity index (χ3v) is 3.58. The van der Waals surface area contributed by atoms with Crippen molar-refractivity contribution in [2.45, 2.75) is 44.6 Å². The van der Waals surface area contributed by atoms with Crippen molar-refractivity contribution in [2.24, 2.45) is 10.7 Å². The van der Waals surface area contributed by atoms with Gasteiger partial charge in [-0.2, -0.15) is 0 Å². The van der Waals surface area contributed by atoms with Gasteiger partial charge in [0.2, 0.25) is 0 Å². The average molecular weight is 403 g/mol. The summed E-state index contributed by atoms with van der Waals surface area (Å²) >= 11 is 0. The van der Waals surface area contributed by atoms with Crippen LogP contribution in [-0.2, 0) is 4.74 Å². The number of aliphatic imine (C=N–C) groups is 1. The molecule has 1 aromatic carbocycles. The molecule has 1 aliphatic carbocycles. The Labute approximate surface area is 144 Å².